The summed E-state index contributed by atoms with van der Waals surface area (Å²) in [5.74, 6) is 0.0252. The lowest BCUT2D eigenvalue weighted by atomic mass is 10.2. The van der Waals surface area contributed by atoms with E-state index in [1.54, 1.807) is 32.0 Å². The van der Waals surface area contributed by atoms with E-state index in [2.05, 4.69) is 5.32 Å². The zero-order chi connectivity index (χ0) is 18.8. The second kappa shape index (κ2) is 7.45. The van der Waals surface area contributed by atoms with Crippen molar-refractivity contribution in [1.29, 1.82) is 0 Å². The Kier molecular flexibility index (Phi) is 5.75. The van der Waals surface area contributed by atoms with Crippen molar-refractivity contribution in [2.24, 2.45) is 0 Å². The van der Waals surface area contributed by atoms with E-state index in [-0.39, 0.29) is 4.90 Å². The summed E-state index contributed by atoms with van der Waals surface area (Å²) in [4.78, 5) is 12.5. The molecule has 0 aliphatic rings. The Morgan fingerprint density at radius 1 is 1.16 bits per heavy atom. The molecule has 5 nitrogen and oxygen atoms in total. The van der Waals surface area contributed by atoms with Crippen molar-refractivity contribution in [3.05, 3.63) is 52.5 Å². The van der Waals surface area contributed by atoms with Gasteiger partial charge in [0.05, 0.1) is 9.92 Å². The van der Waals surface area contributed by atoms with E-state index >= 15 is 0 Å². The summed E-state index contributed by atoms with van der Waals surface area (Å²) < 4.78 is 29.0. The standard InChI is InChI=1S/C18H20ClNO4S/c1-11-5-8-15(19)17(9-11)24-13(3)18(21)20-16-10-14(25(4,22)23)7-6-12(16)2/h5-10,13H,1-4H3,(H,20,21). The van der Waals surface area contributed by atoms with Gasteiger partial charge >= 0.3 is 0 Å². The van der Waals surface area contributed by atoms with E-state index in [9.17, 15) is 13.2 Å². The molecular weight excluding hydrogens is 362 g/mol. The van der Waals surface area contributed by atoms with Crippen molar-refractivity contribution in [2.45, 2.75) is 31.8 Å². The van der Waals surface area contributed by atoms with Crippen molar-refractivity contribution in [1.82, 2.24) is 0 Å². The fourth-order valence-corrected chi connectivity index (χ4v) is 2.95. The number of benzene rings is 2. The van der Waals surface area contributed by atoms with Gasteiger partial charge in [-0.25, -0.2) is 8.42 Å². The molecule has 0 aromatic heterocycles. The highest BCUT2D eigenvalue weighted by Crippen LogP contribution is 2.27. The van der Waals surface area contributed by atoms with Crippen molar-refractivity contribution in [3.63, 3.8) is 0 Å². The Morgan fingerprint density at radius 2 is 1.84 bits per heavy atom. The summed E-state index contributed by atoms with van der Waals surface area (Å²) >= 11 is 6.08. The molecule has 0 saturated heterocycles. The first-order chi connectivity index (χ1) is 11.6. The molecule has 1 N–H and O–H groups in total. The van der Waals surface area contributed by atoms with Gasteiger partial charge in [0.2, 0.25) is 0 Å². The predicted octanol–water partition coefficient (Wildman–Crippen LogP) is 3.77. The molecule has 1 unspecified atom stereocenters. The number of carbonyl (C=O) groups is 1. The van der Waals surface area contributed by atoms with E-state index in [0.29, 0.717) is 16.5 Å². The minimum Gasteiger partial charge on any atom is -0.479 e. The molecule has 1 amide bonds. The number of aryl methyl sites for hydroxylation is 2. The monoisotopic (exact) mass is 381 g/mol. The lowest BCUT2D eigenvalue weighted by Gasteiger charge is -2.17. The van der Waals surface area contributed by atoms with E-state index in [1.807, 2.05) is 13.0 Å². The number of halogens is 1. The first-order valence-corrected chi connectivity index (χ1v) is 9.89. The molecule has 0 bridgehead atoms. The van der Waals surface area contributed by atoms with Crippen LogP contribution < -0.4 is 10.1 Å². The zero-order valence-corrected chi connectivity index (χ0v) is 16.0. The number of hydrogen-bond acceptors (Lipinski definition) is 4. The summed E-state index contributed by atoms with van der Waals surface area (Å²) in [6.07, 6.45) is 0.315. The van der Waals surface area contributed by atoms with Crippen molar-refractivity contribution in [3.8, 4) is 5.75 Å². The first kappa shape index (κ1) is 19.3. The quantitative estimate of drug-likeness (QED) is 0.855. The average Bonchev–Trinajstić information content (AvgIpc) is 2.51. The number of anilines is 1. The molecule has 0 saturated carbocycles. The van der Waals surface area contributed by atoms with Crippen LogP contribution in [0.4, 0.5) is 5.69 Å². The number of carbonyl (C=O) groups excluding carboxylic acids is 1. The van der Waals surface area contributed by atoms with Gasteiger partial charge in [0.25, 0.3) is 5.91 Å². The number of sulfone groups is 1. The second-order valence-corrected chi connectivity index (χ2v) is 8.36. The maximum absolute atomic E-state index is 12.4. The zero-order valence-electron chi connectivity index (χ0n) is 14.5. The topological polar surface area (TPSA) is 72.5 Å². The molecule has 0 aliphatic heterocycles. The predicted molar refractivity (Wildman–Crippen MR) is 99.2 cm³/mol. The Hall–Kier alpha value is -2.05. The van der Waals surface area contributed by atoms with Gasteiger partial charge in [-0.05, 0) is 56.2 Å². The van der Waals surface area contributed by atoms with Gasteiger partial charge in [-0.15, -0.1) is 0 Å². The summed E-state index contributed by atoms with van der Waals surface area (Å²) in [5.41, 5.74) is 2.14. The van der Waals surface area contributed by atoms with Crippen molar-refractivity contribution in [2.75, 3.05) is 11.6 Å². The Bertz CT molecular complexity index is 909. The third-order valence-electron chi connectivity index (χ3n) is 3.65. The van der Waals surface area contributed by atoms with Crippen LogP contribution in [-0.4, -0.2) is 26.7 Å². The highest BCUT2D eigenvalue weighted by atomic mass is 35.5. The molecule has 7 heteroatoms. The van der Waals surface area contributed by atoms with Gasteiger partial charge in [0, 0.05) is 11.9 Å². The largest absolute Gasteiger partial charge is 0.479 e. The Balaban J connectivity index is 2.17. The van der Waals surface area contributed by atoms with Crippen LogP contribution in [0.15, 0.2) is 41.3 Å². The molecule has 0 radical (unpaired) electrons. The first-order valence-electron chi connectivity index (χ1n) is 7.62. The van der Waals surface area contributed by atoms with E-state index in [0.717, 1.165) is 17.4 Å². The molecule has 2 rings (SSSR count). The number of hydrogen-bond donors (Lipinski definition) is 1. The summed E-state index contributed by atoms with van der Waals surface area (Å²) in [6.45, 7) is 5.28. The van der Waals surface area contributed by atoms with E-state index < -0.39 is 21.8 Å². The van der Waals surface area contributed by atoms with Crippen molar-refractivity contribution >= 4 is 33.0 Å². The number of rotatable bonds is 5. The molecule has 0 heterocycles. The molecular formula is C18H20ClNO4S. The number of amides is 1. The lowest BCUT2D eigenvalue weighted by molar-refractivity contribution is -0.122. The number of ether oxygens (including phenoxy) is 1. The third kappa shape index (κ3) is 4.96. The van der Waals surface area contributed by atoms with Crippen LogP contribution in [0.25, 0.3) is 0 Å². The molecule has 134 valence electrons. The molecule has 0 aliphatic carbocycles. The van der Waals surface area contributed by atoms with Crippen molar-refractivity contribution < 1.29 is 17.9 Å². The highest BCUT2D eigenvalue weighted by molar-refractivity contribution is 7.90. The highest BCUT2D eigenvalue weighted by Gasteiger charge is 2.18. The molecule has 0 spiro atoms. The maximum atomic E-state index is 12.4. The molecule has 25 heavy (non-hydrogen) atoms. The minimum atomic E-state index is -3.36. The van der Waals surface area contributed by atoms with Crippen LogP contribution >= 0.6 is 11.6 Å². The normalized spacial score (nSPS) is 12.5. The van der Waals surface area contributed by atoms with E-state index in [1.165, 1.54) is 12.1 Å². The Morgan fingerprint density at radius 3 is 2.48 bits per heavy atom. The smallest absolute Gasteiger partial charge is 0.265 e. The van der Waals surface area contributed by atoms with Gasteiger partial charge in [-0.3, -0.25) is 4.79 Å². The summed E-state index contributed by atoms with van der Waals surface area (Å²) in [5, 5.41) is 3.12. The second-order valence-electron chi connectivity index (χ2n) is 5.93. The fourth-order valence-electron chi connectivity index (χ4n) is 2.15. The van der Waals surface area contributed by atoms with Crippen LogP contribution in [0.2, 0.25) is 5.02 Å². The van der Waals surface area contributed by atoms with E-state index in [4.69, 9.17) is 16.3 Å². The molecule has 1 atom stereocenters. The third-order valence-corrected chi connectivity index (χ3v) is 5.08. The molecule has 2 aromatic carbocycles. The Labute approximate surface area is 152 Å². The van der Waals surface area contributed by atoms with Crippen LogP contribution in [0, 0.1) is 13.8 Å². The van der Waals surface area contributed by atoms with Gasteiger partial charge in [-0.2, -0.15) is 0 Å². The van der Waals surface area contributed by atoms with Crippen LogP contribution in [0.5, 0.6) is 5.75 Å². The molecule has 0 fully saturated rings. The van der Waals surface area contributed by atoms with Gasteiger partial charge in [0.1, 0.15) is 5.75 Å². The maximum Gasteiger partial charge on any atom is 0.265 e. The van der Waals surface area contributed by atoms with Gasteiger partial charge < -0.3 is 10.1 Å². The van der Waals surface area contributed by atoms with Crippen LogP contribution in [0.1, 0.15) is 18.1 Å². The lowest BCUT2D eigenvalue weighted by Crippen LogP contribution is -2.30. The van der Waals surface area contributed by atoms with Gasteiger partial charge in [0.15, 0.2) is 15.9 Å². The van der Waals surface area contributed by atoms with Gasteiger partial charge in [-0.1, -0.05) is 23.7 Å². The summed E-state index contributed by atoms with van der Waals surface area (Å²) in [7, 11) is -3.36. The van der Waals surface area contributed by atoms with Crippen LogP contribution in [-0.2, 0) is 14.6 Å². The number of nitrogens with one attached hydrogen (secondary N) is 1. The fraction of sp³-hybridized carbons (Fsp3) is 0.278. The average molecular weight is 382 g/mol. The minimum absolute atomic E-state index is 0.142. The summed E-state index contributed by atoms with van der Waals surface area (Å²) in [6, 6.07) is 9.90. The molecule has 2 aromatic rings. The SMILES string of the molecule is Cc1ccc(Cl)c(OC(C)C(=O)Nc2cc(S(C)(=O)=O)ccc2C)c1. The van der Waals surface area contributed by atoms with Crippen LogP contribution in [0.3, 0.4) is 0 Å².